The van der Waals surface area contributed by atoms with Gasteiger partial charge in [0.05, 0.1) is 17.4 Å². The van der Waals surface area contributed by atoms with E-state index in [2.05, 4.69) is 5.10 Å². The zero-order valence-electron chi connectivity index (χ0n) is 7.21. The predicted molar refractivity (Wildman–Crippen MR) is 43.9 cm³/mol. The van der Waals surface area contributed by atoms with Crippen LogP contribution in [-0.2, 0) is 0 Å². The van der Waals surface area contributed by atoms with Gasteiger partial charge in [-0.1, -0.05) is 0 Å². The number of nitriles is 2. The van der Waals surface area contributed by atoms with Gasteiger partial charge in [-0.2, -0.15) is 15.2 Å². The summed E-state index contributed by atoms with van der Waals surface area (Å²) in [7, 11) is 0. The second-order valence-corrected chi connectivity index (χ2v) is 2.52. The van der Waals surface area contributed by atoms with Gasteiger partial charge in [0.2, 0.25) is 0 Å². The van der Waals surface area contributed by atoms with E-state index in [1.165, 1.54) is 13.1 Å². The van der Waals surface area contributed by atoms with Crippen LogP contribution in [0.2, 0.25) is 0 Å². The number of hydrogen-bond donors (Lipinski definition) is 0. The molecule has 1 atom stereocenters. The van der Waals surface area contributed by atoms with Crippen LogP contribution in [-0.4, -0.2) is 14.7 Å². The molecule has 0 saturated carbocycles. The smallest absolute Gasteiger partial charge is 0.358 e. The molecule has 1 unspecified atom stereocenters. The molecule has 0 N–H and O–H groups in total. The van der Waals surface area contributed by atoms with Crippen molar-refractivity contribution in [3.8, 4) is 12.1 Å². The molecule has 0 aliphatic carbocycles. The fourth-order valence-corrected chi connectivity index (χ4v) is 0.853. The Labute approximate surface area is 78.9 Å². The lowest BCUT2D eigenvalue weighted by atomic mass is 10.3. The van der Waals surface area contributed by atoms with Crippen LogP contribution in [0.25, 0.3) is 0 Å². The maximum absolute atomic E-state index is 10.4. The molecule has 7 nitrogen and oxygen atoms in total. The van der Waals surface area contributed by atoms with Crippen LogP contribution in [0.1, 0.15) is 18.5 Å². The first kappa shape index (κ1) is 9.68. The SMILES string of the molecule is CC(C#N)n1cc(C#N)c([N+](=O)[O-])n1. The number of nitro groups is 1. The Morgan fingerprint density at radius 1 is 1.71 bits per heavy atom. The van der Waals surface area contributed by atoms with Gasteiger partial charge < -0.3 is 10.1 Å². The van der Waals surface area contributed by atoms with E-state index in [4.69, 9.17) is 10.5 Å². The zero-order valence-corrected chi connectivity index (χ0v) is 7.21. The number of aromatic nitrogens is 2. The van der Waals surface area contributed by atoms with Gasteiger partial charge in [-0.3, -0.25) is 0 Å². The molecule has 0 saturated heterocycles. The second-order valence-electron chi connectivity index (χ2n) is 2.52. The van der Waals surface area contributed by atoms with E-state index < -0.39 is 16.8 Å². The first-order valence-corrected chi connectivity index (χ1v) is 3.63. The highest BCUT2D eigenvalue weighted by Gasteiger charge is 2.22. The van der Waals surface area contributed by atoms with Gasteiger partial charge in [-0.15, -0.1) is 0 Å². The molecule has 14 heavy (non-hydrogen) atoms. The molecule has 1 aromatic heterocycles. The van der Waals surface area contributed by atoms with Gasteiger partial charge in [-0.25, -0.2) is 0 Å². The summed E-state index contributed by atoms with van der Waals surface area (Å²) in [5.41, 5.74) is -0.142. The van der Waals surface area contributed by atoms with E-state index in [0.29, 0.717) is 0 Å². The lowest BCUT2D eigenvalue weighted by Gasteiger charge is -1.93. The average Bonchev–Trinajstić information content (AvgIpc) is 2.60. The van der Waals surface area contributed by atoms with Gasteiger partial charge in [0, 0.05) is 0 Å². The molecule has 0 bridgehead atoms. The topological polar surface area (TPSA) is 109 Å². The van der Waals surface area contributed by atoms with Crippen LogP contribution in [0.5, 0.6) is 0 Å². The van der Waals surface area contributed by atoms with E-state index in [1.807, 2.05) is 6.07 Å². The first-order valence-electron chi connectivity index (χ1n) is 3.63. The second kappa shape index (κ2) is 3.54. The Kier molecular flexibility index (Phi) is 2.45. The lowest BCUT2D eigenvalue weighted by Crippen LogP contribution is -2.03. The summed E-state index contributed by atoms with van der Waals surface area (Å²) in [5.74, 6) is -0.519. The molecule has 0 aliphatic rings. The van der Waals surface area contributed by atoms with Crippen molar-refractivity contribution in [1.29, 1.82) is 10.5 Å². The highest BCUT2D eigenvalue weighted by Crippen LogP contribution is 2.16. The highest BCUT2D eigenvalue weighted by atomic mass is 16.6. The molecule has 0 amide bonds. The van der Waals surface area contributed by atoms with Gasteiger partial charge in [0.25, 0.3) is 0 Å². The van der Waals surface area contributed by atoms with Crippen LogP contribution >= 0.6 is 0 Å². The molecule has 0 aromatic carbocycles. The minimum absolute atomic E-state index is 0.142. The van der Waals surface area contributed by atoms with E-state index >= 15 is 0 Å². The monoisotopic (exact) mass is 191 g/mol. The van der Waals surface area contributed by atoms with Crippen LogP contribution in [0.15, 0.2) is 6.20 Å². The fourth-order valence-electron chi connectivity index (χ4n) is 0.853. The van der Waals surface area contributed by atoms with Gasteiger partial charge >= 0.3 is 5.82 Å². The molecule has 0 fully saturated rings. The molecule has 7 heteroatoms. The van der Waals surface area contributed by atoms with Crippen molar-refractivity contribution in [2.24, 2.45) is 0 Å². The molecule has 70 valence electrons. The lowest BCUT2D eigenvalue weighted by molar-refractivity contribution is -0.390. The van der Waals surface area contributed by atoms with Crippen molar-refractivity contribution in [3.05, 3.63) is 21.9 Å². The Morgan fingerprint density at radius 3 is 2.71 bits per heavy atom. The van der Waals surface area contributed by atoms with E-state index in [-0.39, 0.29) is 5.56 Å². The maximum atomic E-state index is 10.4. The third-order valence-corrected chi connectivity index (χ3v) is 1.59. The third-order valence-electron chi connectivity index (χ3n) is 1.59. The molecule has 0 aliphatic heterocycles. The van der Waals surface area contributed by atoms with Crippen LogP contribution in [0, 0.1) is 32.8 Å². The largest absolute Gasteiger partial charge is 0.407 e. The van der Waals surface area contributed by atoms with Crippen molar-refractivity contribution in [1.82, 2.24) is 9.78 Å². The summed E-state index contributed by atoms with van der Waals surface area (Å²) in [6.45, 7) is 1.53. The van der Waals surface area contributed by atoms with E-state index in [0.717, 1.165) is 4.68 Å². The molecule has 0 radical (unpaired) electrons. The summed E-state index contributed by atoms with van der Waals surface area (Å²) in [6, 6.07) is 2.87. The van der Waals surface area contributed by atoms with Crippen molar-refractivity contribution in [3.63, 3.8) is 0 Å². The molecule has 1 heterocycles. The summed E-state index contributed by atoms with van der Waals surface area (Å²) in [5, 5.41) is 31.0. The summed E-state index contributed by atoms with van der Waals surface area (Å²) in [4.78, 5) is 9.65. The van der Waals surface area contributed by atoms with E-state index in [9.17, 15) is 10.1 Å². The third kappa shape index (κ3) is 1.52. The zero-order chi connectivity index (χ0) is 10.7. The summed E-state index contributed by atoms with van der Waals surface area (Å²) >= 11 is 0. The van der Waals surface area contributed by atoms with Gasteiger partial charge in [-0.05, 0) is 11.8 Å². The normalized spacial score (nSPS) is 11.4. The molecule has 1 aromatic rings. The number of rotatable bonds is 2. The van der Waals surface area contributed by atoms with Crippen molar-refractivity contribution in [2.75, 3.05) is 0 Å². The predicted octanol–water partition coefficient (Wildman–Crippen LogP) is 0.748. The molecule has 0 spiro atoms. The summed E-state index contributed by atoms with van der Waals surface area (Å²) in [6.07, 6.45) is 1.19. The van der Waals surface area contributed by atoms with E-state index in [1.54, 1.807) is 6.07 Å². The van der Waals surface area contributed by atoms with Crippen LogP contribution < -0.4 is 0 Å². The average molecular weight is 191 g/mol. The van der Waals surface area contributed by atoms with Crippen molar-refractivity contribution in [2.45, 2.75) is 13.0 Å². The van der Waals surface area contributed by atoms with Crippen molar-refractivity contribution < 1.29 is 4.92 Å². The maximum Gasteiger partial charge on any atom is 0.407 e. The minimum Gasteiger partial charge on any atom is -0.358 e. The minimum atomic E-state index is -0.751. The van der Waals surface area contributed by atoms with Crippen LogP contribution in [0.4, 0.5) is 5.82 Å². The highest BCUT2D eigenvalue weighted by molar-refractivity contribution is 5.41. The summed E-state index contributed by atoms with van der Waals surface area (Å²) < 4.78 is 1.09. The van der Waals surface area contributed by atoms with Gasteiger partial charge in [0.1, 0.15) is 6.07 Å². The molecule has 1 rings (SSSR count). The Hall–Kier alpha value is -2.41. The Bertz CT molecular complexity index is 450. The van der Waals surface area contributed by atoms with Gasteiger partial charge in [0.15, 0.2) is 11.6 Å². The molecular formula is C7H5N5O2. The standard InChI is InChI=1S/C7H5N5O2/c1-5(2-8)11-4-6(3-9)7(10-11)12(13)14/h4-5H,1H3. The Balaban J connectivity index is 3.23. The van der Waals surface area contributed by atoms with Crippen molar-refractivity contribution >= 4 is 5.82 Å². The number of nitrogens with zero attached hydrogens (tertiary/aromatic N) is 5. The first-order chi connectivity index (χ1) is 6.60. The quantitative estimate of drug-likeness (QED) is 0.506. The number of hydrogen-bond acceptors (Lipinski definition) is 5. The Morgan fingerprint density at radius 2 is 2.36 bits per heavy atom. The molecular weight excluding hydrogens is 186 g/mol. The van der Waals surface area contributed by atoms with Crippen LogP contribution in [0.3, 0.4) is 0 Å². The fraction of sp³-hybridized carbons (Fsp3) is 0.286.